The average molecular weight is 283 g/mol. The number of halogens is 1. The van der Waals surface area contributed by atoms with Gasteiger partial charge in [0.25, 0.3) is 0 Å². The molecule has 1 unspecified atom stereocenters. The first kappa shape index (κ1) is 19.5. The van der Waals surface area contributed by atoms with Crippen LogP contribution in [0.2, 0.25) is 0 Å². The van der Waals surface area contributed by atoms with Crippen molar-refractivity contribution in [2.45, 2.75) is 19.9 Å². The molecule has 0 aromatic rings. The number of ether oxygens (including phenoxy) is 2. The molecule has 108 valence electrons. The summed E-state index contributed by atoms with van der Waals surface area (Å²) in [7, 11) is 2.90. The van der Waals surface area contributed by atoms with E-state index in [-0.39, 0.29) is 30.8 Å². The molecule has 0 bridgehead atoms. The Morgan fingerprint density at radius 1 is 1.22 bits per heavy atom. The SMILES string of the molecule is COCCNCC(=O)NC(C(=O)OC)C(C)C.Cl. The van der Waals surface area contributed by atoms with E-state index in [9.17, 15) is 9.59 Å². The van der Waals surface area contributed by atoms with Crippen molar-refractivity contribution in [1.29, 1.82) is 0 Å². The number of nitrogens with one attached hydrogen (secondary N) is 2. The maximum Gasteiger partial charge on any atom is 0.328 e. The van der Waals surface area contributed by atoms with Gasteiger partial charge in [0.05, 0.1) is 20.3 Å². The molecule has 0 aliphatic rings. The third-order valence-corrected chi connectivity index (χ3v) is 2.21. The lowest BCUT2D eigenvalue weighted by molar-refractivity contribution is -0.146. The lowest BCUT2D eigenvalue weighted by atomic mass is 10.0. The van der Waals surface area contributed by atoms with Gasteiger partial charge in [0.2, 0.25) is 5.91 Å². The summed E-state index contributed by atoms with van der Waals surface area (Å²) in [4.78, 5) is 22.9. The van der Waals surface area contributed by atoms with E-state index in [0.717, 1.165) is 0 Å². The van der Waals surface area contributed by atoms with E-state index < -0.39 is 12.0 Å². The van der Waals surface area contributed by atoms with Crippen LogP contribution in [0.5, 0.6) is 0 Å². The second-order valence-corrected chi connectivity index (χ2v) is 3.98. The molecule has 0 spiro atoms. The van der Waals surface area contributed by atoms with Crippen molar-refractivity contribution in [2.75, 3.05) is 33.9 Å². The van der Waals surface area contributed by atoms with Crippen LogP contribution in [0.25, 0.3) is 0 Å². The quantitative estimate of drug-likeness (QED) is 0.482. The topological polar surface area (TPSA) is 76.7 Å². The molecule has 0 aromatic heterocycles. The van der Waals surface area contributed by atoms with Gasteiger partial charge in [-0.3, -0.25) is 4.79 Å². The summed E-state index contributed by atoms with van der Waals surface area (Å²) in [5.74, 6) is -0.666. The van der Waals surface area contributed by atoms with Crippen LogP contribution in [-0.2, 0) is 19.1 Å². The van der Waals surface area contributed by atoms with E-state index in [4.69, 9.17) is 4.74 Å². The number of methoxy groups -OCH3 is 2. The highest BCUT2D eigenvalue weighted by atomic mass is 35.5. The van der Waals surface area contributed by atoms with Crippen LogP contribution in [0.3, 0.4) is 0 Å². The van der Waals surface area contributed by atoms with E-state index in [1.807, 2.05) is 13.8 Å². The molecular formula is C11H23ClN2O4. The van der Waals surface area contributed by atoms with Crippen molar-refractivity contribution in [2.24, 2.45) is 5.92 Å². The Balaban J connectivity index is 0. The highest BCUT2D eigenvalue weighted by Gasteiger charge is 2.24. The first-order valence-electron chi connectivity index (χ1n) is 5.59. The summed E-state index contributed by atoms with van der Waals surface area (Å²) >= 11 is 0. The Morgan fingerprint density at radius 3 is 2.28 bits per heavy atom. The fourth-order valence-corrected chi connectivity index (χ4v) is 1.23. The molecule has 18 heavy (non-hydrogen) atoms. The third-order valence-electron chi connectivity index (χ3n) is 2.21. The average Bonchev–Trinajstić information content (AvgIpc) is 2.30. The Labute approximate surface area is 114 Å². The van der Waals surface area contributed by atoms with Gasteiger partial charge >= 0.3 is 5.97 Å². The first-order valence-corrected chi connectivity index (χ1v) is 5.59. The van der Waals surface area contributed by atoms with Gasteiger partial charge in [-0.1, -0.05) is 13.8 Å². The highest BCUT2D eigenvalue weighted by Crippen LogP contribution is 2.02. The van der Waals surface area contributed by atoms with Gasteiger partial charge in [-0.05, 0) is 5.92 Å². The molecular weight excluding hydrogens is 260 g/mol. The zero-order valence-corrected chi connectivity index (χ0v) is 12.1. The molecule has 0 fully saturated rings. The van der Waals surface area contributed by atoms with Crippen LogP contribution in [0.1, 0.15) is 13.8 Å². The standard InChI is InChI=1S/C11H22N2O4.ClH/c1-8(2)10(11(15)17-4)13-9(14)7-12-5-6-16-3;/h8,10,12H,5-7H2,1-4H3,(H,13,14);1H. The summed E-state index contributed by atoms with van der Waals surface area (Å²) in [6.45, 7) is 4.98. The summed E-state index contributed by atoms with van der Waals surface area (Å²) < 4.78 is 9.45. The smallest absolute Gasteiger partial charge is 0.328 e. The van der Waals surface area contributed by atoms with Crippen LogP contribution < -0.4 is 10.6 Å². The maximum absolute atomic E-state index is 11.5. The largest absolute Gasteiger partial charge is 0.467 e. The molecule has 1 amide bonds. The minimum atomic E-state index is -0.600. The number of hydrogen-bond donors (Lipinski definition) is 2. The van der Waals surface area contributed by atoms with Crippen molar-refractivity contribution in [1.82, 2.24) is 10.6 Å². The fourth-order valence-electron chi connectivity index (χ4n) is 1.23. The lowest BCUT2D eigenvalue weighted by Gasteiger charge is -2.19. The second-order valence-electron chi connectivity index (χ2n) is 3.98. The molecule has 7 heteroatoms. The highest BCUT2D eigenvalue weighted by molar-refractivity contribution is 5.85. The Bertz CT molecular complexity index is 249. The summed E-state index contributed by atoms with van der Waals surface area (Å²) in [5, 5.41) is 5.53. The number of carbonyl (C=O) groups excluding carboxylic acids is 2. The van der Waals surface area contributed by atoms with E-state index >= 15 is 0 Å². The van der Waals surface area contributed by atoms with E-state index in [1.54, 1.807) is 7.11 Å². The van der Waals surface area contributed by atoms with E-state index in [0.29, 0.717) is 13.2 Å². The van der Waals surface area contributed by atoms with E-state index in [1.165, 1.54) is 7.11 Å². The van der Waals surface area contributed by atoms with Gasteiger partial charge < -0.3 is 20.1 Å². The van der Waals surface area contributed by atoms with Gasteiger partial charge in [0, 0.05) is 13.7 Å². The Morgan fingerprint density at radius 2 is 1.83 bits per heavy atom. The van der Waals surface area contributed by atoms with Crippen LogP contribution in [0.15, 0.2) is 0 Å². The maximum atomic E-state index is 11.5. The van der Waals surface area contributed by atoms with Crippen LogP contribution >= 0.6 is 12.4 Å². The molecule has 0 rings (SSSR count). The number of rotatable bonds is 8. The normalized spacial score (nSPS) is 11.6. The fraction of sp³-hybridized carbons (Fsp3) is 0.818. The molecule has 0 aromatic carbocycles. The van der Waals surface area contributed by atoms with Gasteiger partial charge in [-0.25, -0.2) is 4.79 Å². The van der Waals surface area contributed by atoms with E-state index in [2.05, 4.69) is 15.4 Å². The van der Waals surface area contributed by atoms with Crippen molar-refractivity contribution >= 4 is 24.3 Å². The molecule has 0 saturated heterocycles. The Hall–Kier alpha value is -0.850. The van der Waals surface area contributed by atoms with Crippen molar-refractivity contribution in [3.05, 3.63) is 0 Å². The lowest BCUT2D eigenvalue weighted by Crippen LogP contribution is -2.48. The monoisotopic (exact) mass is 282 g/mol. The molecule has 0 aliphatic heterocycles. The van der Waals surface area contributed by atoms with Crippen molar-refractivity contribution in [3.63, 3.8) is 0 Å². The summed E-state index contributed by atoms with van der Waals surface area (Å²) in [5.41, 5.74) is 0. The number of esters is 1. The van der Waals surface area contributed by atoms with Crippen molar-refractivity contribution < 1.29 is 19.1 Å². The molecule has 0 radical (unpaired) electrons. The molecule has 0 aliphatic carbocycles. The zero-order valence-electron chi connectivity index (χ0n) is 11.3. The predicted octanol–water partition coefficient (Wildman–Crippen LogP) is -0.0420. The van der Waals surface area contributed by atoms with Gasteiger partial charge in [0.1, 0.15) is 6.04 Å². The van der Waals surface area contributed by atoms with Gasteiger partial charge in [-0.15, -0.1) is 12.4 Å². The minimum absolute atomic E-state index is 0. The predicted molar refractivity (Wildman–Crippen MR) is 70.8 cm³/mol. The molecule has 0 saturated carbocycles. The minimum Gasteiger partial charge on any atom is -0.467 e. The summed E-state index contributed by atoms with van der Waals surface area (Å²) in [6, 6.07) is -0.600. The van der Waals surface area contributed by atoms with Crippen LogP contribution in [0.4, 0.5) is 0 Å². The molecule has 2 N–H and O–H groups in total. The molecule has 0 heterocycles. The van der Waals surface area contributed by atoms with Gasteiger partial charge in [-0.2, -0.15) is 0 Å². The Kier molecular flexibility index (Phi) is 12.2. The number of carbonyl (C=O) groups is 2. The third kappa shape index (κ3) is 8.27. The van der Waals surface area contributed by atoms with Crippen LogP contribution in [-0.4, -0.2) is 51.8 Å². The second kappa shape index (κ2) is 11.3. The summed E-state index contributed by atoms with van der Waals surface area (Å²) in [6.07, 6.45) is 0. The first-order chi connectivity index (χ1) is 8.02. The number of amides is 1. The van der Waals surface area contributed by atoms with Crippen LogP contribution in [0, 0.1) is 5.92 Å². The molecule has 6 nitrogen and oxygen atoms in total. The number of hydrogen-bond acceptors (Lipinski definition) is 5. The van der Waals surface area contributed by atoms with Crippen molar-refractivity contribution in [3.8, 4) is 0 Å². The molecule has 1 atom stereocenters. The van der Waals surface area contributed by atoms with Gasteiger partial charge in [0.15, 0.2) is 0 Å². The zero-order chi connectivity index (χ0) is 13.3.